The summed E-state index contributed by atoms with van der Waals surface area (Å²) in [5.41, 5.74) is 15.9. The second-order valence-corrected chi connectivity index (χ2v) is 30.1. The van der Waals surface area contributed by atoms with Crippen LogP contribution in [0.2, 0.25) is 0 Å². The second-order valence-electron chi connectivity index (χ2n) is 30.1. The van der Waals surface area contributed by atoms with Crippen molar-refractivity contribution in [3.05, 3.63) is 230 Å². The van der Waals surface area contributed by atoms with Crippen molar-refractivity contribution in [1.82, 2.24) is 10.2 Å². The van der Waals surface area contributed by atoms with E-state index in [0.717, 1.165) is 33.3 Å². The van der Waals surface area contributed by atoms with Gasteiger partial charge in [0.25, 0.3) is 0 Å². The highest BCUT2D eigenvalue weighted by atomic mass is 16.6. The lowest BCUT2D eigenvalue weighted by molar-refractivity contribution is -0.221. The second kappa shape index (κ2) is 32.2. The van der Waals surface area contributed by atoms with E-state index in [9.17, 15) is 67.7 Å². The number of benzene rings is 9. The Labute approximate surface area is 676 Å². The van der Waals surface area contributed by atoms with Crippen molar-refractivity contribution in [2.75, 3.05) is 35.8 Å². The minimum absolute atomic E-state index is 0. The van der Waals surface area contributed by atoms with Gasteiger partial charge in [-0.15, -0.1) is 0 Å². The third kappa shape index (κ3) is 14.6. The highest BCUT2D eigenvalue weighted by Gasteiger charge is 2.81. The molecule has 10 aliphatic rings. The largest absolute Gasteiger partial charge is 0.481 e. The Morgan fingerprint density at radius 3 is 0.932 bits per heavy atom. The van der Waals surface area contributed by atoms with Crippen molar-refractivity contribution in [1.29, 1.82) is 0 Å². The fraction of sp³-hybridized carbons (Fsp3) is 0.267. The number of carboxylic acid groups (broad SMARTS) is 2. The molecule has 604 valence electrons. The maximum atomic E-state index is 13.3. The van der Waals surface area contributed by atoms with Crippen LogP contribution in [-0.4, -0.2) is 100 Å². The quantitative estimate of drug-likeness (QED) is 0.0201. The van der Waals surface area contributed by atoms with Gasteiger partial charge in [0.05, 0.1) is 76.7 Å². The number of hydrogen-bond donors (Lipinski definition) is 6. The van der Waals surface area contributed by atoms with Gasteiger partial charge < -0.3 is 70.2 Å². The van der Waals surface area contributed by atoms with Gasteiger partial charge in [-0.2, -0.15) is 0 Å². The predicted octanol–water partition coefficient (Wildman–Crippen LogP) is 12.9. The smallest absolute Gasteiger partial charge is 0.317 e. The first kappa shape index (κ1) is 80.4. The van der Waals surface area contributed by atoms with E-state index in [0.29, 0.717) is 74.5 Å². The van der Waals surface area contributed by atoms with Crippen molar-refractivity contribution < 1.29 is 106 Å². The van der Waals surface area contributed by atoms with E-state index in [1.54, 1.807) is 97.1 Å². The molecule has 19 rings (SSSR count). The van der Waals surface area contributed by atoms with Crippen molar-refractivity contribution >= 4 is 94.0 Å². The number of rotatable bonds is 18. The van der Waals surface area contributed by atoms with Crippen LogP contribution in [0.25, 0.3) is 0 Å². The number of amides is 6. The number of carbonyl (C=O) groups is 12. The average molecular weight is 1600 g/mol. The first-order valence-corrected chi connectivity index (χ1v) is 37.4. The van der Waals surface area contributed by atoms with Gasteiger partial charge in [-0.25, -0.2) is 0 Å². The average Bonchev–Trinajstić information content (AvgIpc) is 1.56. The summed E-state index contributed by atoms with van der Waals surface area (Å²) >= 11 is 0. The summed E-state index contributed by atoms with van der Waals surface area (Å²) in [4.78, 5) is 148. The van der Waals surface area contributed by atoms with Gasteiger partial charge in [0.15, 0.2) is 0 Å². The molecular weight excluding hydrogens is 1520 g/mol. The Bertz CT molecular complexity index is 5300. The van der Waals surface area contributed by atoms with E-state index >= 15 is 0 Å². The van der Waals surface area contributed by atoms with Gasteiger partial charge in [-0.1, -0.05) is 68.4 Å². The summed E-state index contributed by atoms with van der Waals surface area (Å²) in [6, 6.07) is 65.1. The number of fused-ring (bicyclic) bond motifs is 15. The molecule has 28 heteroatoms. The van der Waals surface area contributed by atoms with E-state index < -0.39 is 130 Å². The van der Waals surface area contributed by atoms with Gasteiger partial charge in [0.2, 0.25) is 35.4 Å². The summed E-state index contributed by atoms with van der Waals surface area (Å²) in [5, 5.41) is 24.4. The Morgan fingerprint density at radius 2 is 0.619 bits per heavy atom. The maximum Gasteiger partial charge on any atom is 0.317 e. The van der Waals surface area contributed by atoms with Gasteiger partial charge in [-0.3, -0.25) is 67.3 Å². The van der Waals surface area contributed by atoms with E-state index in [4.69, 9.17) is 39.9 Å². The molecule has 6 saturated carbocycles. The third-order valence-electron chi connectivity index (χ3n) is 23.6. The zero-order valence-corrected chi connectivity index (χ0v) is 62.3. The lowest BCUT2D eigenvalue weighted by Gasteiger charge is -2.63. The van der Waals surface area contributed by atoms with Crippen LogP contribution in [0.1, 0.15) is 26.0 Å². The lowest BCUT2D eigenvalue weighted by Crippen LogP contribution is -2.73. The summed E-state index contributed by atoms with van der Waals surface area (Å²) in [6.07, 6.45) is 0. The van der Waals surface area contributed by atoms with Crippen molar-refractivity contribution in [3.8, 4) is 69.0 Å². The number of imide groups is 2. The van der Waals surface area contributed by atoms with Crippen LogP contribution >= 0.6 is 0 Å². The molecule has 16 atom stereocenters. The van der Waals surface area contributed by atoms with Crippen molar-refractivity contribution in [2.45, 2.75) is 28.7 Å². The molecule has 6 amide bonds. The number of anilines is 4. The Balaban J connectivity index is 0.000000135. The molecule has 28 nitrogen and oxygen atoms in total. The minimum Gasteiger partial charge on any atom is -0.481 e. The standard InChI is InChI=1S/C30H28N2O8.C30H24N2O6.C18H16N2O2.C10H6O6.2CH4/c1-15-6-10-17(11-7-15)39-19-4-3-5-20(14-19)40-18-12-8-16(9-13-18)32-28(34)24-21-22(26(24)30(37)38)25(29(35)36)23(21)27(33)31-2;1-15-6-10-17(11-7-15)37-19-4-3-5-20(14-19)38-18-12-8-16(9-13-18)32-29(35)25-21-22(26(25)30(32)36)24-23(21)27(33)31(2)28(24)34;19-13-4-8-15(9-5-13)21-17-2-1-3-18(12-17)22-16-10-6-14(20)7-11-16;11-7-3-1-2(5(3)9(13)15-7)6-4(1)8(12)16-10(6)14;;/h3-14,21-26H,1-2H3,(H,31,33)(H,32,34)(H,35,36)(H,37,38);3-14,21-26H,1-2H3;1-12H,19-20H2;1-6H;2*1H4. The number of hydrogen-bond acceptors (Lipinski definition) is 22. The fourth-order valence-corrected chi connectivity index (χ4v) is 18.3. The summed E-state index contributed by atoms with van der Waals surface area (Å²) in [7, 11) is 2.86. The normalized spacial score (nSPS) is 26.5. The number of carbonyl (C=O) groups excluding carboxylic acids is 10. The van der Waals surface area contributed by atoms with Gasteiger partial charge in [0, 0.05) is 49.4 Å². The van der Waals surface area contributed by atoms with Crippen molar-refractivity contribution in [3.63, 3.8) is 0 Å². The van der Waals surface area contributed by atoms with E-state index in [-0.39, 0.29) is 62.2 Å². The SMILES string of the molecule is C.C.CNC(=O)C1C(C(=O)O)C2C(C(=O)O)C(C(=O)Nc3ccc(Oc4cccc(Oc5ccc(C)cc5)c4)cc3)C12.Cc1ccc(Oc2cccc(Oc3ccc(N4C(=O)C5C(C4=O)C4C6C(=O)N(C)C(=O)C6C54)cc3)c2)cc1.Nc1ccc(Oc2cccc(Oc3ccc(N)cc3)c2)cc1.O=C1OC(=O)C2C1C1C3C(=O)OC(=O)C3C21. The molecule has 9 aromatic carbocycles. The number of likely N-dealkylation sites (tertiary alicyclic amines) is 1. The van der Waals surface area contributed by atoms with Crippen LogP contribution in [0.15, 0.2) is 218 Å². The van der Waals surface area contributed by atoms with Crippen LogP contribution < -0.4 is 55.4 Å². The Kier molecular flexibility index (Phi) is 22.0. The zero-order valence-electron chi connectivity index (χ0n) is 62.3. The highest BCUT2D eigenvalue weighted by Crippen LogP contribution is 2.71. The molecule has 0 spiro atoms. The van der Waals surface area contributed by atoms with E-state index in [1.807, 2.05) is 135 Å². The molecule has 10 fully saturated rings. The summed E-state index contributed by atoms with van der Waals surface area (Å²) in [5.74, 6) is -9.76. The number of ether oxygens (including phenoxy) is 8. The zero-order chi connectivity index (χ0) is 81.4. The molecule has 6 aliphatic carbocycles. The topological polar surface area (TPSA) is 402 Å². The van der Waals surface area contributed by atoms with Gasteiger partial charge >= 0.3 is 35.8 Å². The number of nitrogens with one attached hydrogen (secondary N) is 2. The minimum atomic E-state index is -1.25. The summed E-state index contributed by atoms with van der Waals surface area (Å²) in [6.45, 7) is 4.01. The molecule has 4 heterocycles. The molecule has 8 N–H and O–H groups in total. The Morgan fingerprint density at radius 1 is 0.347 bits per heavy atom. The van der Waals surface area contributed by atoms with Crippen molar-refractivity contribution in [2.24, 2.45) is 107 Å². The number of nitrogens with zero attached hydrogens (tertiary/aromatic N) is 2. The third-order valence-corrected chi connectivity index (χ3v) is 23.6. The van der Waals surface area contributed by atoms with E-state index in [2.05, 4.69) is 20.1 Å². The van der Waals surface area contributed by atoms with Crippen LogP contribution in [0, 0.1) is 120 Å². The van der Waals surface area contributed by atoms with Crippen LogP contribution in [0.5, 0.6) is 69.0 Å². The maximum absolute atomic E-state index is 13.3. The molecule has 0 bridgehead atoms. The predicted molar refractivity (Wildman–Crippen MR) is 423 cm³/mol. The number of aliphatic carboxylic acids is 2. The molecule has 9 aromatic rings. The summed E-state index contributed by atoms with van der Waals surface area (Å²) < 4.78 is 44.3. The molecule has 4 aliphatic heterocycles. The Hall–Kier alpha value is -14.2. The molecule has 16 unspecified atom stereocenters. The van der Waals surface area contributed by atoms with Crippen LogP contribution in [0.3, 0.4) is 0 Å². The first-order chi connectivity index (χ1) is 55.8. The molecule has 4 saturated heterocycles. The van der Waals surface area contributed by atoms with Gasteiger partial charge in [0.1, 0.15) is 69.0 Å². The molecule has 0 aromatic heterocycles. The molecule has 0 radical (unpaired) electrons. The number of nitrogen functional groups attached to an aromatic ring is 2. The first-order valence-electron chi connectivity index (χ1n) is 37.4. The molecular formula is C90H82N6O22. The number of aryl methyl sites for hydroxylation is 2. The van der Waals surface area contributed by atoms with Crippen LogP contribution in [-0.2, 0) is 67.0 Å². The van der Waals surface area contributed by atoms with Crippen LogP contribution in [0.4, 0.5) is 22.7 Å². The monoisotopic (exact) mass is 1600 g/mol. The van der Waals surface area contributed by atoms with E-state index in [1.165, 1.54) is 19.0 Å². The molecule has 118 heavy (non-hydrogen) atoms. The number of esters is 4. The highest BCUT2D eigenvalue weighted by molar-refractivity contribution is 6.24. The number of nitrogens with two attached hydrogens (primary N) is 2. The number of carboxylic acids is 2. The lowest BCUT2D eigenvalue weighted by atomic mass is 9.37. The fourth-order valence-electron chi connectivity index (χ4n) is 18.3. The van der Waals surface area contributed by atoms with Gasteiger partial charge in [-0.05, 0) is 207 Å². The number of cyclic esters (lactones) is 4.